The van der Waals surface area contributed by atoms with Crippen LogP contribution >= 0.6 is 11.3 Å². The molecule has 1 unspecified atom stereocenters. The van der Waals surface area contributed by atoms with Gasteiger partial charge in [0, 0.05) is 11.6 Å². The van der Waals surface area contributed by atoms with Gasteiger partial charge in [0.1, 0.15) is 5.01 Å². The number of carbonyl (C=O) groups is 2. The molecule has 0 aromatic carbocycles. The Hall–Kier alpha value is -1.47. The summed E-state index contributed by atoms with van der Waals surface area (Å²) in [7, 11) is 0. The normalized spacial score (nSPS) is 13.9. The number of nitrogens with zero attached hydrogens (tertiary/aromatic N) is 1. The molecule has 1 rings (SSSR count). The van der Waals surface area contributed by atoms with Crippen LogP contribution in [0.2, 0.25) is 0 Å². The molecule has 1 heterocycles. The average molecular weight is 284 g/mol. The Labute approximate surface area is 116 Å². The fraction of sp³-hybridized carbons (Fsp3) is 0.583. The first kappa shape index (κ1) is 15.6. The molecule has 0 saturated carbocycles. The average Bonchev–Trinajstić information content (AvgIpc) is 2.88. The summed E-state index contributed by atoms with van der Waals surface area (Å²) in [5.41, 5.74) is 5.67. The number of amides is 2. The van der Waals surface area contributed by atoms with E-state index in [9.17, 15) is 9.59 Å². The van der Waals surface area contributed by atoms with Crippen molar-refractivity contribution in [1.82, 2.24) is 15.6 Å². The summed E-state index contributed by atoms with van der Waals surface area (Å²) in [6.45, 7) is 5.48. The molecule has 0 radical (unpaired) electrons. The Morgan fingerprint density at radius 3 is 2.63 bits per heavy atom. The fourth-order valence-electron chi connectivity index (χ4n) is 1.39. The summed E-state index contributed by atoms with van der Waals surface area (Å²) in [6.07, 6.45) is 1.69. The van der Waals surface area contributed by atoms with Gasteiger partial charge in [-0.05, 0) is 12.8 Å². The Bertz CT molecular complexity index is 419. The van der Waals surface area contributed by atoms with Gasteiger partial charge in [0.25, 0.3) is 0 Å². The molecular weight excluding hydrogens is 264 g/mol. The molecule has 4 N–H and O–H groups in total. The number of nitrogens with one attached hydrogen (secondary N) is 2. The Morgan fingerprint density at radius 1 is 1.42 bits per heavy atom. The first-order valence-corrected chi connectivity index (χ1v) is 7.01. The molecule has 6 nitrogen and oxygen atoms in total. The second kappa shape index (κ2) is 7.20. The van der Waals surface area contributed by atoms with Crippen molar-refractivity contribution in [1.29, 1.82) is 0 Å². The molecule has 0 bridgehead atoms. The zero-order chi connectivity index (χ0) is 14.4. The largest absolute Gasteiger partial charge is 0.346 e. The van der Waals surface area contributed by atoms with Crippen molar-refractivity contribution >= 4 is 23.2 Å². The molecule has 2 atom stereocenters. The van der Waals surface area contributed by atoms with Crippen molar-refractivity contribution in [2.45, 2.75) is 32.9 Å². The third-order valence-corrected chi connectivity index (χ3v) is 3.60. The van der Waals surface area contributed by atoms with Gasteiger partial charge in [-0.15, -0.1) is 11.3 Å². The zero-order valence-corrected chi connectivity index (χ0v) is 12.2. The van der Waals surface area contributed by atoms with Gasteiger partial charge in [-0.25, -0.2) is 4.98 Å². The Kier molecular flexibility index (Phi) is 5.91. The van der Waals surface area contributed by atoms with Gasteiger partial charge in [0.2, 0.25) is 11.8 Å². The number of aromatic nitrogens is 1. The van der Waals surface area contributed by atoms with Gasteiger partial charge in [0.15, 0.2) is 0 Å². The van der Waals surface area contributed by atoms with Gasteiger partial charge in [0.05, 0.1) is 18.6 Å². The molecule has 1 aromatic rings. The van der Waals surface area contributed by atoms with Crippen molar-refractivity contribution < 1.29 is 9.59 Å². The molecular formula is C12H20N4O2S. The van der Waals surface area contributed by atoms with E-state index in [0.29, 0.717) is 0 Å². The molecule has 2 amide bonds. The van der Waals surface area contributed by atoms with Crippen molar-refractivity contribution in [3.8, 4) is 0 Å². The Balaban J connectivity index is 2.34. The maximum absolute atomic E-state index is 11.7. The summed E-state index contributed by atoms with van der Waals surface area (Å²) < 4.78 is 0. The second-order valence-electron chi connectivity index (χ2n) is 4.65. The fourth-order valence-corrected chi connectivity index (χ4v) is 2.04. The van der Waals surface area contributed by atoms with E-state index in [0.717, 1.165) is 5.01 Å². The summed E-state index contributed by atoms with van der Waals surface area (Å²) >= 11 is 1.47. The molecule has 0 aliphatic rings. The lowest BCUT2D eigenvalue weighted by Crippen LogP contribution is -2.47. The maximum atomic E-state index is 11.7. The first-order valence-electron chi connectivity index (χ1n) is 6.14. The van der Waals surface area contributed by atoms with E-state index in [1.807, 2.05) is 26.2 Å². The van der Waals surface area contributed by atoms with Crippen LogP contribution in [0.4, 0.5) is 0 Å². The predicted octanol–water partition coefficient (Wildman–Crippen LogP) is 0.420. The number of hydrogen-bond donors (Lipinski definition) is 3. The van der Waals surface area contributed by atoms with Crippen LogP contribution in [0.25, 0.3) is 0 Å². The van der Waals surface area contributed by atoms with Crippen LogP contribution in [-0.4, -0.2) is 29.4 Å². The van der Waals surface area contributed by atoms with Gasteiger partial charge < -0.3 is 16.4 Å². The van der Waals surface area contributed by atoms with Crippen LogP contribution in [0.5, 0.6) is 0 Å². The zero-order valence-electron chi connectivity index (χ0n) is 11.3. The van der Waals surface area contributed by atoms with Crippen LogP contribution in [0.15, 0.2) is 11.6 Å². The van der Waals surface area contributed by atoms with Crippen LogP contribution in [0.3, 0.4) is 0 Å². The topological polar surface area (TPSA) is 97.1 Å². The third kappa shape index (κ3) is 4.96. The molecule has 106 valence electrons. The second-order valence-corrected chi connectivity index (χ2v) is 5.57. The summed E-state index contributed by atoms with van der Waals surface area (Å²) in [5.74, 6) is -0.531. The minimum Gasteiger partial charge on any atom is -0.346 e. The van der Waals surface area contributed by atoms with E-state index >= 15 is 0 Å². The monoisotopic (exact) mass is 284 g/mol. The van der Waals surface area contributed by atoms with Crippen LogP contribution in [0, 0.1) is 5.92 Å². The van der Waals surface area contributed by atoms with E-state index in [4.69, 9.17) is 5.73 Å². The number of hydrogen-bond acceptors (Lipinski definition) is 5. The van der Waals surface area contributed by atoms with Crippen molar-refractivity contribution in [2.24, 2.45) is 11.7 Å². The van der Waals surface area contributed by atoms with Crippen molar-refractivity contribution in [3.05, 3.63) is 16.6 Å². The lowest BCUT2D eigenvalue weighted by Gasteiger charge is -2.16. The molecule has 1 aromatic heterocycles. The molecule has 0 aliphatic heterocycles. The number of carbonyl (C=O) groups excluding carboxylic acids is 2. The van der Waals surface area contributed by atoms with Crippen molar-refractivity contribution in [3.63, 3.8) is 0 Å². The van der Waals surface area contributed by atoms with Gasteiger partial charge in [-0.1, -0.05) is 13.8 Å². The number of nitrogens with two attached hydrogens (primary N) is 1. The maximum Gasteiger partial charge on any atom is 0.239 e. The summed E-state index contributed by atoms with van der Waals surface area (Å²) in [6, 6.07) is -0.757. The van der Waals surface area contributed by atoms with Crippen LogP contribution in [0.1, 0.15) is 31.8 Å². The predicted molar refractivity (Wildman–Crippen MR) is 74.5 cm³/mol. The first-order chi connectivity index (χ1) is 8.91. The Morgan fingerprint density at radius 2 is 2.11 bits per heavy atom. The quantitative estimate of drug-likeness (QED) is 0.705. The van der Waals surface area contributed by atoms with E-state index < -0.39 is 6.04 Å². The van der Waals surface area contributed by atoms with E-state index in [2.05, 4.69) is 15.6 Å². The molecule has 0 saturated heterocycles. The van der Waals surface area contributed by atoms with E-state index in [1.54, 1.807) is 6.20 Å². The molecule has 19 heavy (non-hydrogen) atoms. The number of thiazole rings is 1. The highest BCUT2D eigenvalue weighted by Gasteiger charge is 2.18. The highest BCUT2D eigenvalue weighted by molar-refractivity contribution is 7.09. The van der Waals surface area contributed by atoms with Crippen LogP contribution in [-0.2, 0) is 9.59 Å². The van der Waals surface area contributed by atoms with Gasteiger partial charge in [-0.2, -0.15) is 0 Å². The lowest BCUT2D eigenvalue weighted by atomic mass is 10.1. The minimum absolute atomic E-state index is 0.0392. The molecule has 0 fully saturated rings. The van der Waals surface area contributed by atoms with E-state index in [-0.39, 0.29) is 30.3 Å². The third-order valence-electron chi connectivity index (χ3n) is 2.64. The highest BCUT2D eigenvalue weighted by atomic mass is 32.1. The molecule has 0 spiro atoms. The van der Waals surface area contributed by atoms with Crippen LogP contribution < -0.4 is 16.4 Å². The van der Waals surface area contributed by atoms with Gasteiger partial charge >= 0.3 is 0 Å². The standard InChI is InChI=1S/C12H20N4O2S/c1-7(2)10(13)11(18)15-6-9(17)16-8(3)12-14-4-5-19-12/h4-5,7-8,10H,6,13H2,1-3H3,(H,15,18)(H,16,17)/t8?,10-/m0/s1. The molecule has 0 aliphatic carbocycles. The smallest absolute Gasteiger partial charge is 0.239 e. The van der Waals surface area contributed by atoms with E-state index in [1.165, 1.54) is 11.3 Å². The van der Waals surface area contributed by atoms with Crippen molar-refractivity contribution in [2.75, 3.05) is 6.54 Å². The lowest BCUT2D eigenvalue weighted by molar-refractivity contribution is -0.127. The summed E-state index contributed by atoms with van der Waals surface area (Å²) in [4.78, 5) is 27.3. The minimum atomic E-state index is -0.593. The highest BCUT2D eigenvalue weighted by Crippen LogP contribution is 2.14. The van der Waals surface area contributed by atoms with Gasteiger partial charge in [-0.3, -0.25) is 9.59 Å². The number of rotatable bonds is 6. The summed E-state index contributed by atoms with van der Waals surface area (Å²) in [5, 5.41) is 7.96. The SMILES string of the molecule is CC(NC(=O)CNC(=O)[C@@H](N)C(C)C)c1nccs1. The molecule has 7 heteroatoms.